The molecule has 4 nitrogen and oxygen atoms in total. The maximum Gasteiger partial charge on any atom is 0.326 e. The lowest BCUT2D eigenvalue weighted by molar-refractivity contribution is -0.139. The molecule has 0 saturated carbocycles. The fourth-order valence-electron chi connectivity index (χ4n) is 1.33. The Balaban J connectivity index is 2.65. The number of nitrogens with one attached hydrogen (secondary N) is 1. The maximum absolute atomic E-state index is 11.7. The average molecular weight is 241 g/mol. The number of carbonyl (C=O) groups is 2. The van der Waals surface area contributed by atoms with Gasteiger partial charge in [-0.15, -0.1) is 11.3 Å². The molecule has 0 spiro atoms. The van der Waals surface area contributed by atoms with Gasteiger partial charge in [0.2, 0.25) is 0 Å². The summed E-state index contributed by atoms with van der Waals surface area (Å²) < 4.78 is 0. The quantitative estimate of drug-likeness (QED) is 0.829. The molecule has 0 saturated heterocycles. The SMILES string of the molecule is CCC[C@H](NC(=O)c1ccc(C)s1)C(=O)O. The molecule has 0 radical (unpaired) electrons. The van der Waals surface area contributed by atoms with E-state index in [1.165, 1.54) is 11.3 Å². The van der Waals surface area contributed by atoms with E-state index in [0.29, 0.717) is 11.3 Å². The molecule has 0 fully saturated rings. The van der Waals surface area contributed by atoms with Crippen LogP contribution in [0.2, 0.25) is 0 Å². The number of hydrogen-bond donors (Lipinski definition) is 2. The summed E-state index contributed by atoms with van der Waals surface area (Å²) in [5.41, 5.74) is 0. The lowest BCUT2D eigenvalue weighted by Gasteiger charge is -2.12. The highest BCUT2D eigenvalue weighted by Crippen LogP contribution is 2.15. The van der Waals surface area contributed by atoms with Crippen LogP contribution in [-0.4, -0.2) is 23.0 Å². The highest BCUT2D eigenvalue weighted by atomic mass is 32.1. The number of rotatable bonds is 5. The standard InChI is InChI=1S/C11H15NO3S/c1-3-4-8(11(14)15)12-10(13)9-6-5-7(2)16-9/h5-6,8H,3-4H2,1-2H3,(H,12,13)(H,14,15)/t8-/m0/s1. The summed E-state index contributed by atoms with van der Waals surface area (Å²) in [6.45, 7) is 3.79. The third-order valence-electron chi connectivity index (χ3n) is 2.14. The lowest BCUT2D eigenvalue weighted by atomic mass is 10.1. The number of hydrogen-bond acceptors (Lipinski definition) is 3. The molecule has 1 rings (SSSR count). The summed E-state index contributed by atoms with van der Waals surface area (Å²) in [7, 11) is 0. The molecule has 0 aromatic carbocycles. The molecule has 0 unspecified atom stereocenters. The predicted molar refractivity (Wildman–Crippen MR) is 62.9 cm³/mol. The van der Waals surface area contributed by atoms with Crippen molar-refractivity contribution in [3.63, 3.8) is 0 Å². The largest absolute Gasteiger partial charge is 0.480 e. The molecule has 0 bridgehead atoms. The monoisotopic (exact) mass is 241 g/mol. The Morgan fingerprint density at radius 3 is 2.62 bits per heavy atom. The number of carboxylic acids is 1. The number of carbonyl (C=O) groups excluding carboxylic acids is 1. The normalized spacial score (nSPS) is 12.1. The van der Waals surface area contributed by atoms with Crippen molar-refractivity contribution in [1.82, 2.24) is 5.32 Å². The fourth-order valence-corrected chi connectivity index (χ4v) is 2.10. The van der Waals surface area contributed by atoms with Crippen molar-refractivity contribution >= 4 is 23.2 Å². The number of amides is 1. The summed E-state index contributed by atoms with van der Waals surface area (Å²) in [5.74, 6) is -1.29. The molecule has 16 heavy (non-hydrogen) atoms. The van der Waals surface area contributed by atoms with Gasteiger partial charge in [0.15, 0.2) is 0 Å². The van der Waals surface area contributed by atoms with Gasteiger partial charge in [0.1, 0.15) is 6.04 Å². The summed E-state index contributed by atoms with van der Waals surface area (Å²) in [6.07, 6.45) is 1.17. The molecule has 1 aromatic rings. The second kappa shape index (κ2) is 5.65. The second-order valence-corrected chi connectivity index (χ2v) is 4.85. The van der Waals surface area contributed by atoms with Gasteiger partial charge in [0.25, 0.3) is 5.91 Å². The minimum Gasteiger partial charge on any atom is -0.480 e. The van der Waals surface area contributed by atoms with E-state index in [1.807, 2.05) is 19.9 Å². The van der Waals surface area contributed by atoms with Crippen LogP contribution in [0.3, 0.4) is 0 Å². The van der Waals surface area contributed by atoms with E-state index in [-0.39, 0.29) is 5.91 Å². The van der Waals surface area contributed by atoms with Crippen LogP contribution in [0.5, 0.6) is 0 Å². The number of carboxylic acid groups (broad SMARTS) is 1. The highest BCUT2D eigenvalue weighted by molar-refractivity contribution is 7.13. The molecule has 1 amide bonds. The van der Waals surface area contributed by atoms with Gasteiger partial charge in [0, 0.05) is 4.88 Å². The van der Waals surface area contributed by atoms with E-state index < -0.39 is 12.0 Å². The van der Waals surface area contributed by atoms with E-state index in [4.69, 9.17) is 5.11 Å². The van der Waals surface area contributed by atoms with Crippen LogP contribution in [0.25, 0.3) is 0 Å². The van der Waals surface area contributed by atoms with Crippen LogP contribution in [0.4, 0.5) is 0 Å². The molecule has 1 aromatic heterocycles. The van der Waals surface area contributed by atoms with Crippen LogP contribution < -0.4 is 5.32 Å². The second-order valence-electron chi connectivity index (χ2n) is 3.56. The zero-order chi connectivity index (χ0) is 12.1. The molecule has 0 aliphatic rings. The molecule has 2 N–H and O–H groups in total. The van der Waals surface area contributed by atoms with Crippen molar-refractivity contribution in [2.45, 2.75) is 32.7 Å². The Kier molecular flexibility index (Phi) is 4.49. The van der Waals surface area contributed by atoms with Crippen molar-refractivity contribution in [3.8, 4) is 0 Å². The molecule has 88 valence electrons. The first kappa shape index (κ1) is 12.7. The van der Waals surface area contributed by atoms with Gasteiger partial charge in [-0.25, -0.2) is 4.79 Å². The topological polar surface area (TPSA) is 66.4 Å². The molecule has 0 aliphatic heterocycles. The van der Waals surface area contributed by atoms with E-state index in [9.17, 15) is 9.59 Å². The first-order chi connectivity index (χ1) is 7.54. The van der Waals surface area contributed by atoms with Crippen molar-refractivity contribution in [3.05, 3.63) is 21.9 Å². The lowest BCUT2D eigenvalue weighted by Crippen LogP contribution is -2.40. The van der Waals surface area contributed by atoms with Crippen LogP contribution >= 0.6 is 11.3 Å². The zero-order valence-electron chi connectivity index (χ0n) is 9.32. The van der Waals surface area contributed by atoms with Crippen molar-refractivity contribution in [2.24, 2.45) is 0 Å². The smallest absolute Gasteiger partial charge is 0.326 e. The van der Waals surface area contributed by atoms with Gasteiger partial charge in [0.05, 0.1) is 4.88 Å². The third-order valence-corrected chi connectivity index (χ3v) is 3.14. The van der Waals surface area contributed by atoms with Crippen LogP contribution in [0, 0.1) is 6.92 Å². The van der Waals surface area contributed by atoms with Gasteiger partial charge in [-0.05, 0) is 25.5 Å². The fraction of sp³-hybridized carbons (Fsp3) is 0.455. The summed E-state index contributed by atoms with van der Waals surface area (Å²) in [5, 5.41) is 11.4. The summed E-state index contributed by atoms with van der Waals surface area (Å²) >= 11 is 1.36. The Morgan fingerprint density at radius 2 is 2.19 bits per heavy atom. The Hall–Kier alpha value is -1.36. The molecule has 1 atom stereocenters. The van der Waals surface area contributed by atoms with Gasteiger partial charge in [-0.2, -0.15) is 0 Å². The van der Waals surface area contributed by atoms with E-state index in [2.05, 4.69) is 5.32 Å². The van der Waals surface area contributed by atoms with Gasteiger partial charge < -0.3 is 10.4 Å². The zero-order valence-corrected chi connectivity index (χ0v) is 10.1. The minimum absolute atomic E-state index is 0.307. The van der Waals surface area contributed by atoms with Gasteiger partial charge in [-0.1, -0.05) is 13.3 Å². The first-order valence-corrected chi connectivity index (χ1v) is 5.96. The molecular formula is C11H15NO3S. The third kappa shape index (κ3) is 3.34. The minimum atomic E-state index is -0.983. The summed E-state index contributed by atoms with van der Waals surface area (Å²) in [6, 6.07) is 2.76. The molecule has 0 aliphatic carbocycles. The molecule has 1 heterocycles. The number of aryl methyl sites for hydroxylation is 1. The molecular weight excluding hydrogens is 226 g/mol. The first-order valence-electron chi connectivity index (χ1n) is 5.14. The Morgan fingerprint density at radius 1 is 1.50 bits per heavy atom. The van der Waals surface area contributed by atoms with Gasteiger partial charge >= 0.3 is 5.97 Å². The van der Waals surface area contributed by atoms with E-state index in [1.54, 1.807) is 6.07 Å². The Labute approximate surface area is 98.3 Å². The van der Waals surface area contributed by atoms with Crippen molar-refractivity contribution in [2.75, 3.05) is 0 Å². The van der Waals surface area contributed by atoms with Crippen molar-refractivity contribution < 1.29 is 14.7 Å². The van der Waals surface area contributed by atoms with Crippen LogP contribution in [-0.2, 0) is 4.79 Å². The van der Waals surface area contributed by atoms with Crippen LogP contribution in [0.15, 0.2) is 12.1 Å². The Bertz CT molecular complexity index is 386. The molecule has 5 heteroatoms. The highest BCUT2D eigenvalue weighted by Gasteiger charge is 2.20. The summed E-state index contributed by atoms with van der Waals surface area (Å²) in [4.78, 5) is 24.1. The van der Waals surface area contributed by atoms with Crippen molar-refractivity contribution in [1.29, 1.82) is 0 Å². The van der Waals surface area contributed by atoms with E-state index in [0.717, 1.165) is 11.3 Å². The van der Waals surface area contributed by atoms with E-state index >= 15 is 0 Å². The number of thiophene rings is 1. The maximum atomic E-state index is 11.7. The van der Waals surface area contributed by atoms with Crippen LogP contribution in [0.1, 0.15) is 34.3 Å². The average Bonchev–Trinajstić information content (AvgIpc) is 2.64. The predicted octanol–water partition coefficient (Wildman–Crippen LogP) is 2.04. The van der Waals surface area contributed by atoms with Gasteiger partial charge in [-0.3, -0.25) is 4.79 Å². The number of aliphatic carboxylic acids is 1.